The van der Waals surface area contributed by atoms with Gasteiger partial charge in [0, 0.05) is 28.5 Å². The lowest BCUT2D eigenvalue weighted by atomic mass is 9.93. The van der Waals surface area contributed by atoms with Gasteiger partial charge >= 0.3 is 0 Å². The Balaban J connectivity index is 1.03. The molecule has 2 aromatic heterocycles. The molecule has 0 radical (unpaired) electrons. The molecule has 9 rings (SSSR count). The van der Waals surface area contributed by atoms with Crippen molar-refractivity contribution in [2.24, 2.45) is 0 Å². The Morgan fingerprint density at radius 1 is 0.333 bits per heavy atom. The summed E-state index contributed by atoms with van der Waals surface area (Å²) in [6.07, 6.45) is 1.80. The fourth-order valence-electron chi connectivity index (χ4n) is 6.90. The van der Waals surface area contributed by atoms with Gasteiger partial charge in [0.25, 0.3) is 0 Å². The van der Waals surface area contributed by atoms with Crippen molar-refractivity contribution in [2.45, 2.75) is 0 Å². The van der Waals surface area contributed by atoms with E-state index in [0.717, 1.165) is 83.5 Å². The van der Waals surface area contributed by atoms with Gasteiger partial charge in [-0.15, -0.1) is 0 Å². The minimum atomic E-state index is 0.626. The number of nitriles is 1. The number of hydrogen-bond donors (Lipinski definition) is 0. The number of nitrogens with zero attached hydrogens (tertiary/aromatic N) is 4. The molecule has 0 saturated carbocycles. The minimum absolute atomic E-state index is 0.626. The van der Waals surface area contributed by atoms with E-state index in [1.54, 1.807) is 6.20 Å². The molecule has 54 heavy (non-hydrogen) atoms. The number of pyridine rings is 1. The summed E-state index contributed by atoms with van der Waals surface area (Å²) in [5, 5.41) is 12.3. The number of benzene rings is 7. The highest BCUT2D eigenvalue weighted by Gasteiger charge is 2.12. The van der Waals surface area contributed by atoms with Crippen molar-refractivity contribution in [3.8, 4) is 84.6 Å². The quantitative estimate of drug-likeness (QED) is 0.167. The summed E-state index contributed by atoms with van der Waals surface area (Å²) >= 11 is 0. The molecular weight excluding hydrogens is 657 g/mol. The monoisotopic (exact) mass is 688 g/mol. The summed E-state index contributed by atoms with van der Waals surface area (Å²) in [5.41, 5.74) is 13.8. The molecule has 0 spiro atoms. The number of rotatable bonds is 7. The fraction of sp³-hybridized carbons (Fsp3) is 0. The molecule has 2 heterocycles. The van der Waals surface area contributed by atoms with Crippen LogP contribution in [0.3, 0.4) is 0 Å². The zero-order valence-corrected chi connectivity index (χ0v) is 29.3. The SMILES string of the molecule is N#Cc1cc(-c2ccc(-c3ccccn3)cc2)cc(-c2ccc3ccc(-c4ccc(-c5cc(-c6ccccc6)nc(-c6ccccc6)n5)cc4)cc3c2)c1. The van der Waals surface area contributed by atoms with Crippen molar-refractivity contribution in [3.05, 3.63) is 200 Å². The van der Waals surface area contributed by atoms with Crippen molar-refractivity contribution in [1.82, 2.24) is 15.0 Å². The first-order valence-corrected chi connectivity index (χ1v) is 17.9. The van der Waals surface area contributed by atoms with E-state index in [4.69, 9.17) is 9.97 Å². The number of hydrogen-bond acceptors (Lipinski definition) is 4. The second kappa shape index (κ2) is 14.3. The second-order valence-corrected chi connectivity index (χ2v) is 13.3. The Morgan fingerprint density at radius 2 is 0.815 bits per heavy atom. The molecule has 0 aliphatic carbocycles. The standard InChI is InChI=1S/C50H32N4/c51-33-34-27-44(36-16-20-39(21-17-36)47-13-7-8-26-52-47)31-45(28-34)43-25-19-37-18-24-42(29-46(37)30-43)35-14-22-40(23-15-35)49-32-48(38-9-3-1-4-10-38)53-50(54-49)41-11-5-2-6-12-41/h1-32H. The first-order valence-electron chi connectivity index (χ1n) is 17.9. The molecule has 4 nitrogen and oxygen atoms in total. The predicted octanol–water partition coefficient (Wildman–Crippen LogP) is 12.6. The smallest absolute Gasteiger partial charge is 0.160 e. The van der Waals surface area contributed by atoms with Gasteiger partial charge in [0.2, 0.25) is 0 Å². The van der Waals surface area contributed by atoms with Crippen LogP contribution in [0.25, 0.3) is 89.3 Å². The molecule has 0 unspecified atom stereocenters. The highest BCUT2D eigenvalue weighted by molar-refractivity contribution is 5.92. The Hall–Kier alpha value is -7.48. The summed E-state index contributed by atoms with van der Waals surface area (Å²) in [6, 6.07) is 66.9. The van der Waals surface area contributed by atoms with Crippen LogP contribution in [-0.4, -0.2) is 15.0 Å². The Kier molecular flexibility index (Phi) is 8.57. The molecule has 9 aromatic rings. The maximum absolute atomic E-state index is 9.97. The molecule has 7 aromatic carbocycles. The van der Waals surface area contributed by atoms with Crippen molar-refractivity contribution >= 4 is 10.8 Å². The topological polar surface area (TPSA) is 62.5 Å². The van der Waals surface area contributed by atoms with E-state index in [2.05, 4.69) is 120 Å². The third kappa shape index (κ3) is 6.66. The molecular formula is C50H32N4. The lowest BCUT2D eigenvalue weighted by Crippen LogP contribution is -1.95. The Morgan fingerprint density at radius 3 is 1.41 bits per heavy atom. The van der Waals surface area contributed by atoms with Gasteiger partial charge in [0.05, 0.1) is 28.7 Å². The highest BCUT2D eigenvalue weighted by atomic mass is 14.9. The predicted molar refractivity (Wildman–Crippen MR) is 220 cm³/mol. The normalized spacial score (nSPS) is 10.9. The maximum atomic E-state index is 9.97. The molecule has 0 aliphatic rings. The van der Waals surface area contributed by atoms with Gasteiger partial charge in [-0.2, -0.15) is 5.26 Å². The van der Waals surface area contributed by atoms with Crippen LogP contribution in [0.2, 0.25) is 0 Å². The van der Waals surface area contributed by atoms with Crippen LogP contribution < -0.4 is 0 Å². The van der Waals surface area contributed by atoms with Gasteiger partial charge < -0.3 is 0 Å². The first-order chi connectivity index (χ1) is 26.7. The van der Waals surface area contributed by atoms with Crippen molar-refractivity contribution < 1.29 is 0 Å². The average molecular weight is 689 g/mol. The van der Waals surface area contributed by atoms with Gasteiger partial charge in [-0.3, -0.25) is 4.98 Å². The third-order valence-corrected chi connectivity index (χ3v) is 9.76. The van der Waals surface area contributed by atoms with E-state index in [1.807, 2.05) is 78.9 Å². The van der Waals surface area contributed by atoms with Crippen molar-refractivity contribution in [3.63, 3.8) is 0 Å². The van der Waals surface area contributed by atoms with Gasteiger partial charge in [-0.1, -0.05) is 140 Å². The molecule has 0 amide bonds. The molecule has 4 heteroatoms. The zero-order valence-electron chi connectivity index (χ0n) is 29.3. The summed E-state index contributed by atoms with van der Waals surface area (Å²) in [7, 11) is 0. The number of aromatic nitrogens is 3. The molecule has 0 aliphatic heterocycles. The highest BCUT2D eigenvalue weighted by Crippen LogP contribution is 2.34. The van der Waals surface area contributed by atoms with Crippen LogP contribution in [-0.2, 0) is 0 Å². The molecule has 0 N–H and O–H groups in total. The second-order valence-electron chi connectivity index (χ2n) is 13.3. The summed E-state index contributed by atoms with van der Waals surface area (Å²) in [6.45, 7) is 0. The minimum Gasteiger partial charge on any atom is -0.256 e. The zero-order chi connectivity index (χ0) is 36.3. The summed E-state index contributed by atoms with van der Waals surface area (Å²) in [5.74, 6) is 0.701. The molecule has 0 fully saturated rings. The van der Waals surface area contributed by atoms with E-state index in [-0.39, 0.29) is 0 Å². The van der Waals surface area contributed by atoms with Crippen LogP contribution in [0.5, 0.6) is 0 Å². The molecule has 0 saturated heterocycles. The Bertz CT molecular complexity index is 2730. The molecule has 252 valence electrons. The maximum Gasteiger partial charge on any atom is 0.160 e. The number of fused-ring (bicyclic) bond motifs is 1. The lowest BCUT2D eigenvalue weighted by Gasteiger charge is -2.11. The van der Waals surface area contributed by atoms with Crippen molar-refractivity contribution in [2.75, 3.05) is 0 Å². The van der Waals surface area contributed by atoms with E-state index >= 15 is 0 Å². The fourth-order valence-corrected chi connectivity index (χ4v) is 6.90. The van der Waals surface area contributed by atoms with E-state index in [0.29, 0.717) is 11.4 Å². The van der Waals surface area contributed by atoms with Crippen LogP contribution in [0.1, 0.15) is 5.56 Å². The van der Waals surface area contributed by atoms with Gasteiger partial charge in [0.15, 0.2) is 5.82 Å². The van der Waals surface area contributed by atoms with E-state index in [1.165, 1.54) is 0 Å². The van der Waals surface area contributed by atoms with Crippen LogP contribution in [0, 0.1) is 11.3 Å². The van der Waals surface area contributed by atoms with Crippen LogP contribution >= 0.6 is 0 Å². The summed E-state index contributed by atoms with van der Waals surface area (Å²) in [4.78, 5) is 14.4. The largest absolute Gasteiger partial charge is 0.256 e. The average Bonchev–Trinajstić information content (AvgIpc) is 3.26. The molecule has 0 bridgehead atoms. The van der Waals surface area contributed by atoms with E-state index in [9.17, 15) is 5.26 Å². The van der Waals surface area contributed by atoms with Gasteiger partial charge in [-0.05, 0) is 92.7 Å². The Labute approximate surface area is 314 Å². The summed E-state index contributed by atoms with van der Waals surface area (Å²) < 4.78 is 0. The van der Waals surface area contributed by atoms with Gasteiger partial charge in [-0.25, -0.2) is 9.97 Å². The third-order valence-electron chi connectivity index (χ3n) is 9.76. The lowest BCUT2D eigenvalue weighted by molar-refractivity contribution is 1.18. The first kappa shape index (κ1) is 32.4. The van der Waals surface area contributed by atoms with Gasteiger partial charge in [0.1, 0.15) is 0 Å². The van der Waals surface area contributed by atoms with E-state index < -0.39 is 0 Å². The molecule has 0 atom stereocenters. The van der Waals surface area contributed by atoms with Crippen LogP contribution in [0.15, 0.2) is 194 Å². The van der Waals surface area contributed by atoms with Crippen molar-refractivity contribution in [1.29, 1.82) is 5.26 Å². The van der Waals surface area contributed by atoms with Crippen LogP contribution in [0.4, 0.5) is 0 Å².